The number of carbonyl (C=O) groups is 3. The van der Waals surface area contributed by atoms with Crippen LogP contribution >= 0.6 is 0 Å². The van der Waals surface area contributed by atoms with Gasteiger partial charge in [-0.25, -0.2) is 13.1 Å². The number of aryl methyl sites for hydroxylation is 1. The maximum atomic E-state index is 14.2. The number of amides is 3. The normalized spacial score (nSPS) is 15.3. The van der Waals surface area contributed by atoms with Crippen LogP contribution in [-0.4, -0.2) is 74.3 Å². The number of nitrogens with zero attached hydrogens (tertiary/aromatic N) is 1. The van der Waals surface area contributed by atoms with Crippen LogP contribution in [0.1, 0.15) is 48.2 Å². The van der Waals surface area contributed by atoms with Gasteiger partial charge in [-0.3, -0.25) is 14.4 Å². The molecule has 1 heterocycles. The van der Waals surface area contributed by atoms with Gasteiger partial charge < -0.3 is 30.5 Å². The summed E-state index contributed by atoms with van der Waals surface area (Å²) in [5.41, 5.74) is 2.84. The number of ether oxygens (including phenoxy) is 1. The lowest BCUT2D eigenvalue weighted by Gasteiger charge is -2.29. The molecule has 0 fully saturated rings. The number of aliphatic hydroxyl groups excluding tert-OH is 2. The SMILES string of the molecule is COc1ccc2c(c1)CC[C@@H](NC(=O)CC(C)(C)NC[C@H](O)CO)C(=O)N2Cc1ccc(-c2ccccc2S(=O)(=O)NC(=O)c2ccccc2)cc1. The summed E-state index contributed by atoms with van der Waals surface area (Å²) >= 11 is 0. The summed E-state index contributed by atoms with van der Waals surface area (Å²) in [6.07, 6.45) is -0.0536. The third-order valence-electron chi connectivity index (χ3n) is 8.85. The quantitative estimate of drug-likeness (QED) is 0.130. The van der Waals surface area contributed by atoms with E-state index in [0.29, 0.717) is 35.4 Å². The Labute approximate surface area is 303 Å². The fraction of sp³-hybridized carbons (Fsp3) is 0.308. The summed E-state index contributed by atoms with van der Waals surface area (Å²) in [7, 11) is -2.66. The van der Waals surface area contributed by atoms with E-state index in [1.54, 1.807) is 80.5 Å². The molecule has 0 bridgehead atoms. The van der Waals surface area contributed by atoms with Gasteiger partial charge in [0.25, 0.3) is 15.9 Å². The van der Waals surface area contributed by atoms with Crippen LogP contribution in [0.3, 0.4) is 0 Å². The number of rotatable bonds is 14. The Bertz CT molecular complexity index is 2000. The van der Waals surface area contributed by atoms with Crippen LogP contribution in [0.2, 0.25) is 0 Å². The Hall–Kier alpha value is -5.08. The van der Waals surface area contributed by atoms with Gasteiger partial charge in [0.05, 0.1) is 31.3 Å². The standard InChI is InChI=1S/C39H44N4O8S/c1-39(2,40-23-30(45)25-44)22-36(46)41-33-19-17-29-21-31(51-3)18-20-34(29)43(38(33)48)24-26-13-15-27(16-14-26)32-11-7-8-12-35(32)52(49,50)42-37(47)28-9-5-4-6-10-28/h4-16,18,20-21,30,33,40,44-45H,17,19,22-25H2,1-3H3,(H,41,46)(H,42,47)/t30-,33+/m0/s1. The second-order valence-electron chi connectivity index (χ2n) is 13.3. The lowest BCUT2D eigenvalue weighted by molar-refractivity contribution is -0.128. The van der Waals surface area contributed by atoms with Gasteiger partial charge in [0, 0.05) is 35.3 Å². The smallest absolute Gasteiger partial charge is 0.264 e. The molecule has 5 N–H and O–H groups in total. The van der Waals surface area contributed by atoms with Crippen molar-refractivity contribution in [3.05, 3.63) is 114 Å². The van der Waals surface area contributed by atoms with Crippen LogP contribution in [0.25, 0.3) is 11.1 Å². The Balaban J connectivity index is 1.37. The van der Waals surface area contributed by atoms with Crippen molar-refractivity contribution >= 4 is 33.4 Å². The molecule has 4 aromatic rings. The topological polar surface area (TPSA) is 174 Å². The highest BCUT2D eigenvalue weighted by atomic mass is 32.2. The molecule has 0 radical (unpaired) electrons. The molecule has 4 aromatic carbocycles. The summed E-state index contributed by atoms with van der Waals surface area (Å²) in [5, 5.41) is 24.9. The number of fused-ring (bicyclic) bond motifs is 1. The first kappa shape index (κ1) is 38.2. The van der Waals surface area contributed by atoms with E-state index in [1.165, 1.54) is 18.2 Å². The van der Waals surface area contributed by atoms with Gasteiger partial charge in [-0.1, -0.05) is 60.7 Å². The second kappa shape index (κ2) is 16.5. The van der Waals surface area contributed by atoms with E-state index in [0.717, 1.165) is 11.1 Å². The predicted octanol–water partition coefficient (Wildman–Crippen LogP) is 3.56. The van der Waals surface area contributed by atoms with Crippen LogP contribution in [0, 0.1) is 0 Å². The molecule has 0 unspecified atom stereocenters. The highest BCUT2D eigenvalue weighted by molar-refractivity contribution is 7.90. The molecule has 1 aliphatic heterocycles. The maximum Gasteiger partial charge on any atom is 0.264 e. The molecule has 2 atom stereocenters. The molecule has 52 heavy (non-hydrogen) atoms. The molecule has 12 nitrogen and oxygen atoms in total. The van der Waals surface area contributed by atoms with Crippen LogP contribution in [0.4, 0.5) is 5.69 Å². The van der Waals surface area contributed by atoms with Crippen LogP contribution in [0.5, 0.6) is 5.75 Å². The zero-order valence-electron chi connectivity index (χ0n) is 29.3. The van der Waals surface area contributed by atoms with E-state index in [9.17, 15) is 27.9 Å². The number of methoxy groups -OCH3 is 1. The predicted molar refractivity (Wildman–Crippen MR) is 197 cm³/mol. The molecular formula is C39H44N4O8S. The largest absolute Gasteiger partial charge is 0.497 e. The molecule has 3 amide bonds. The minimum absolute atomic E-state index is 0.0320. The van der Waals surface area contributed by atoms with Crippen molar-refractivity contribution in [3.63, 3.8) is 0 Å². The molecular weight excluding hydrogens is 685 g/mol. The number of hydrogen-bond donors (Lipinski definition) is 5. The molecule has 0 aromatic heterocycles. The molecule has 0 saturated heterocycles. The van der Waals surface area contributed by atoms with Crippen molar-refractivity contribution in [1.29, 1.82) is 0 Å². The first-order chi connectivity index (χ1) is 24.8. The van der Waals surface area contributed by atoms with Gasteiger partial charge in [0.15, 0.2) is 0 Å². The number of nitrogens with one attached hydrogen (secondary N) is 3. The molecule has 1 aliphatic rings. The average Bonchev–Trinajstić information content (AvgIpc) is 3.26. The second-order valence-corrected chi connectivity index (χ2v) is 15.0. The van der Waals surface area contributed by atoms with Gasteiger partial charge in [-0.2, -0.15) is 0 Å². The van der Waals surface area contributed by atoms with Crippen molar-refractivity contribution < 1.29 is 37.8 Å². The number of sulfonamides is 1. The van der Waals surface area contributed by atoms with E-state index in [2.05, 4.69) is 15.4 Å². The molecule has 13 heteroatoms. The van der Waals surface area contributed by atoms with Crippen molar-refractivity contribution in [1.82, 2.24) is 15.4 Å². The third-order valence-corrected chi connectivity index (χ3v) is 10.2. The van der Waals surface area contributed by atoms with Gasteiger partial charge in [-0.15, -0.1) is 0 Å². The van der Waals surface area contributed by atoms with Crippen molar-refractivity contribution in [2.24, 2.45) is 0 Å². The highest BCUT2D eigenvalue weighted by Gasteiger charge is 2.33. The van der Waals surface area contributed by atoms with Crippen molar-refractivity contribution in [3.8, 4) is 16.9 Å². The minimum atomic E-state index is -4.23. The Kier molecular flexibility index (Phi) is 12.1. The van der Waals surface area contributed by atoms with Gasteiger partial charge in [0.1, 0.15) is 11.8 Å². The number of aliphatic hydroxyl groups is 2. The van der Waals surface area contributed by atoms with E-state index >= 15 is 0 Å². The summed E-state index contributed by atoms with van der Waals surface area (Å²) in [4.78, 5) is 41.7. The summed E-state index contributed by atoms with van der Waals surface area (Å²) in [5.74, 6) is -0.716. The zero-order chi connectivity index (χ0) is 37.5. The van der Waals surface area contributed by atoms with E-state index in [4.69, 9.17) is 9.84 Å². The fourth-order valence-corrected chi connectivity index (χ4v) is 7.29. The van der Waals surface area contributed by atoms with Crippen LogP contribution in [0.15, 0.2) is 102 Å². The third kappa shape index (κ3) is 9.42. The Morgan fingerprint density at radius 3 is 2.37 bits per heavy atom. The van der Waals surface area contributed by atoms with E-state index < -0.39 is 40.2 Å². The van der Waals surface area contributed by atoms with Crippen LogP contribution < -0.4 is 25.0 Å². The Morgan fingerprint density at radius 2 is 1.67 bits per heavy atom. The zero-order valence-corrected chi connectivity index (χ0v) is 30.2. The van der Waals surface area contributed by atoms with Crippen molar-refractivity contribution in [2.75, 3.05) is 25.2 Å². The number of hydrogen-bond acceptors (Lipinski definition) is 9. The number of anilines is 1. The monoisotopic (exact) mass is 728 g/mol. The average molecular weight is 729 g/mol. The maximum absolute atomic E-state index is 14.2. The van der Waals surface area contributed by atoms with E-state index in [1.807, 2.05) is 24.3 Å². The summed E-state index contributed by atoms with van der Waals surface area (Å²) in [6, 6.07) is 26.3. The highest BCUT2D eigenvalue weighted by Crippen LogP contribution is 2.33. The molecule has 0 saturated carbocycles. The fourth-order valence-electron chi connectivity index (χ4n) is 6.08. The van der Waals surface area contributed by atoms with Gasteiger partial charge in [-0.05, 0) is 79.8 Å². The van der Waals surface area contributed by atoms with Crippen LogP contribution in [-0.2, 0) is 32.6 Å². The number of β-amino-alcohol motifs (C(OH)–C–C–N with tert-alkyl or cyclic N) is 1. The molecule has 274 valence electrons. The number of carbonyl (C=O) groups excluding carboxylic acids is 3. The lowest BCUT2D eigenvalue weighted by atomic mass is 9.99. The summed E-state index contributed by atoms with van der Waals surface area (Å²) < 4.78 is 34.4. The Morgan fingerprint density at radius 1 is 0.981 bits per heavy atom. The molecule has 0 spiro atoms. The van der Waals surface area contributed by atoms with Crippen molar-refractivity contribution in [2.45, 2.75) is 62.2 Å². The first-order valence-corrected chi connectivity index (χ1v) is 18.4. The number of benzene rings is 4. The first-order valence-electron chi connectivity index (χ1n) is 16.9. The van der Waals surface area contributed by atoms with Gasteiger partial charge >= 0.3 is 0 Å². The molecule has 5 rings (SSSR count). The lowest BCUT2D eigenvalue weighted by Crippen LogP contribution is -2.51. The van der Waals surface area contributed by atoms with E-state index in [-0.39, 0.29) is 41.8 Å². The van der Waals surface area contributed by atoms with Gasteiger partial charge in [0.2, 0.25) is 11.8 Å². The molecule has 0 aliphatic carbocycles. The minimum Gasteiger partial charge on any atom is -0.497 e. The summed E-state index contributed by atoms with van der Waals surface area (Å²) in [6.45, 7) is 3.48.